The normalized spacial score (nSPS) is 9.47. The Kier molecular flexibility index (Phi) is 36.8. The summed E-state index contributed by atoms with van der Waals surface area (Å²) in [6, 6.07) is 0. The third-order valence-corrected chi connectivity index (χ3v) is 1.61. The fraction of sp³-hybridized carbons (Fsp3) is 1.00. The molecule has 0 aromatic carbocycles. The predicted octanol–water partition coefficient (Wildman–Crippen LogP) is -1.58. The Balaban J connectivity index is -0.000000256. The molecule has 0 aromatic heterocycles. The summed E-state index contributed by atoms with van der Waals surface area (Å²) < 4.78 is 19.6. The van der Waals surface area contributed by atoms with Crippen LogP contribution in [0.15, 0.2) is 0 Å². The van der Waals surface area contributed by atoms with Crippen LogP contribution < -0.4 is 10.2 Å². The van der Waals surface area contributed by atoms with Crippen molar-refractivity contribution in [1.29, 1.82) is 0 Å². The van der Waals surface area contributed by atoms with Crippen molar-refractivity contribution in [1.82, 2.24) is 0 Å². The fourth-order valence-electron chi connectivity index (χ4n) is 0.846. The van der Waals surface area contributed by atoms with E-state index in [1.165, 1.54) is 0 Å². The summed E-state index contributed by atoms with van der Waals surface area (Å²) in [5.41, 5.74) is 0. The second kappa shape index (κ2) is 27.6. The first-order valence-corrected chi connectivity index (χ1v) is 6.30. The van der Waals surface area contributed by atoms with E-state index in [4.69, 9.17) is 18.9 Å². The molecule has 0 aliphatic heterocycles. The average molecular weight is 404 g/mol. The van der Waals surface area contributed by atoms with Crippen LogP contribution in [0.2, 0.25) is 0 Å². The van der Waals surface area contributed by atoms with Crippen LogP contribution in [0.3, 0.4) is 0 Å². The van der Waals surface area contributed by atoms with Crippen LogP contribution in [0.1, 0.15) is 13.8 Å². The first kappa shape index (κ1) is 25.3. The molecule has 0 unspecified atom stereocenters. The summed E-state index contributed by atoms with van der Waals surface area (Å²) in [6.07, 6.45) is 0. The van der Waals surface area contributed by atoms with Crippen LogP contribution in [0.5, 0.6) is 0 Å². The van der Waals surface area contributed by atoms with Crippen molar-refractivity contribution >= 4 is 48.9 Å². The minimum Gasteiger partial charge on any atom is -0.853 e. The number of hydrogen-bond acceptors (Lipinski definition) is 6. The van der Waals surface area contributed by atoms with Gasteiger partial charge in [-0.05, 0) is 13.8 Å². The van der Waals surface area contributed by atoms with Crippen molar-refractivity contribution in [3.63, 3.8) is 0 Å². The van der Waals surface area contributed by atoms with Crippen LogP contribution >= 0.6 is 0 Å². The van der Waals surface area contributed by atoms with Crippen molar-refractivity contribution in [2.24, 2.45) is 0 Å². The summed E-state index contributed by atoms with van der Waals surface area (Å²) in [7, 11) is 0. The van der Waals surface area contributed by atoms with E-state index in [-0.39, 0.29) is 62.1 Å². The molecule has 0 saturated heterocycles. The Hall–Kier alpha value is 1.33. The van der Waals surface area contributed by atoms with Gasteiger partial charge < -0.3 is 29.2 Å². The molecule has 0 aliphatic rings. The Morgan fingerprint density at radius 2 is 0.895 bits per heavy atom. The molecule has 0 saturated carbocycles. The van der Waals surface area contributed by atoms with Crippen molar-refractivity contribution in [3.05, 3.63) is 0 Å². The molecule has 0 heterocycles. The third-order valence-electron chi connectivity index (χ3n) is 1.61. The minimum absolute atomic E-state index is 0. The van der Waals surface area contributed by atoms with Gasteiger partial charge in [0.05, 0.1) is 26.4 Å². The Morgan fingerprint density at radius 3 is 1.16 bits per heavy atom. The van der Waals surface area contributed by atoms with Crippen LogP contribution in [-0.2, 0) is 18.9 Å². The third kappa shape index (κ3) is 32.7. The summed E-state index contributed by atoms with van der Waals surface area (Å²) in [5.74, 6) is 0. The summed E-state index contributed by atoms with van der Waals surface area (Å²) in [4.78, 5) is 0. The van der Waals surface area contributed by atoms with E-state index in [0.717, 1.165) is 0 Å². The Bertz CT molecular complexity index is 103. The van der Waals surface area contributed by atoms with Gasteiger partial charge in [0.15, 0.2) is 0 Å². The van der Waals surface area contributed by atoms with Gasteiger partial charge in [-0.15, -0.1) is 13.2 Å². The monoisotopic (exact) mass is 404 g/mol. The molecule has 0 aliphatic carbocycles. The summed E-state index contributed by atoms with van der Waals surface area (Å²) in [5, 5.41) is 19.6. The molecular formula is C12H26BaO6. The first-order chi connectivity index (χ1) is 8.83. The van der Waals surface area contributed by atoms with Crippen molar-refractivity contribution < 1.29 is 29.2 Å². The molecule has 19 heavy (non-hydrogen) atoms. The van der Waals surface area contributed by atoms with Crippen LogP contribution in [0.4, 0.5) is 0 Å². The van der Waals surface area contributed by atoms with Gasteiger partial charge in [0.1, 0.15) is 0 Å². The molecule has 112 valence electrons. The maximum atomic E-state index is 9.80. The van der Waals surface area contributed by atoms with E-state index in [2.05, 4.69) is 0 Å². The zero-order valence-corrected chi connectivity index (χ0v) is 16.7. The molecule has 6 nitrogen and oxygen atoms in total. The number of ether oxygens (including phenoxy) is 4. The maximum Gasteiger partial charge on any atom is 2.00 e. The minimum atomic E-state index is -0.161. The molecule has 0 fully saturated rings. The molecule has 0 bridgehead atoms. The largest absolute Gasteiger partial charge is 2.00 e. The SMILES string of the molecule is CCOCCOCC[O-].CCOCCOCC[O-].[Ba+2]. The topological polar surface area (TPSA) is 83.0 Å². The molecule has 0 aromatic rings. The van der Waals surface area contributed by atoms with Crippen LogP contribution in [-0.4, -0.2) is 115 Å². The first-order valence-electron chi connectivity index (χ1n) is 6.30. The van der Waals surface area contributed by atoms with Crippen molar-refractivity contribution in [2.45, 2.75) is 13.8 Å². The van der Waals surface area contributed by atoms with E-state index < -0.39 is 0 Å². The molecule has 0 N–H and O–H groups in total. The molecule has 0 rings (SSSR count). The molecule has 7 heteroatoms. The number of rotatable bonds is 12. The molecule has 0 atom stereocenters. The zero-order chi connectivity index (χ0) is 13.9. The maximum absolute atomic E-state index is 9.80. The molecule has 0 amide bonds. The van der Waals surface area contributed by atoms with Crippen molar-refractivity contribution in [3.8, 4) is 0 Å². The smallest absolute Gasteiger partial charge is 0.853 e. The van der Waals surface area contributed by atoms with Gasteiger partial charge in [0.25, 0.3) is 0 Å². The van der Waals surface area contributed by atoms with Gasteiger partial charge in [-0.2, -0.15) is 0 Å². The van der Waals surface area contributed by atoms with E-state index in [9.17, 15) is 10.2 Å². The Morgan fingerprint density at radius 1 is 0.579 bits per heavy atom. The van der Waals surface area contributed by atoms with E-state index in [1.54, 1.807) is 0 Å². The van der Waals surface area contributed by atoms with Gasteiger partial charge in [-0.3, -0.25) is 0 Å². The number of hydrogen-bond donors (Lipinski definition) is 0. The summed E-state index contributed by atoms with van der Waals surface area (Å²) >= 11 is 0. The molecular weight excluding hydrogens is 377 g/mol. The van der Waals surface area contributed by atoms with E-state index in [0.29, 0.717) is 52.9 Å². The van der Waals surface area contributed by atoms with Gasteiger partial charge in [0, 0.05) is 26.4 Å². The van der Waals surface area contributed by atoms with E-state index >= 15 is 0 Å². The second-order valence-electron chi connectivity index (χ2n) is 3.03. The molecule has 0 spiro atoms. The quantitative estimate of drug-likeness (QED) is 0.289. The average Bonchev–Trinajstić information content (AvgIpc) is 2.39. The summed E-state index contributed by atoms with van der Waals surface area (Å²) in [6.45, 7) is 7.81. The molecule has 0 radical (unpaired) electrons. The van der Waals surface area contributed by atoms with E-state index in [1.807, 2.05) is 13.8 Å². The van der Waals surface area contributed by atoms with Gasteiger partial charge >= 0.3 is 48.9 Å². The zero-order valence-electron chi connectivity index (χ0n) is 12.2. The van der Waals surface area contributed by atoms with Crippen LogP contribution in [0, 0.1) is 0 Å². The van der Waals surface area contributed by atoms with Crippen molar-refractivity contribution in [2.75, 3.05) is 66.1 Å². The van der Waals surface area contributed by atoms with Gasteiger partial charge in [-0.25, -0.2) is 0 Å². The van der Waals surface area contributed by atoms with Crippen LogP contribution in [0.25, 0.3) is 0 Å². The Labute approximate surface area is 156 Å². The predicted molar refractivity (Wildman–Crippen MR) is 70.1 cm³/mol. The van der Waals surface area contributed by atoms with Gasteiger partial charge in [0.2, 0.25) is 0 Å². The van der Waals surface area contributed by atoms with Gasteiger partial charge in [-0.1, -0.05) is 0 Å². The fourth-order valence-corrected chi connectivity index (χ4v) is 0.846. The second-order valence-corrected chi connectivity index (χ2v) is 3.03. The standard InChI is InChI=1S/2C6H13O3.Ba/c2*1-2-8-5-6-9-4-3-7;/h2*2-6H2,1H3;/q2*-1;+2.